The molecule has 360 valence electrons. The molecule has 2 unspecified atom stereocenters. The van der Waals surface area contributed by atoms with Crippen molar-refractivity contribution in [3.8, 4) is 0 Å². The smallest absolute Gasteiger partial charge is 0.0314 e. The van der Waals surface area contributed by atoms with Crippen LogP contribution in [0.2, 0.25) is 0 Å². The minimum Gasteiger partial charge on any atom is -0.399 e. The quantitative estimate of drug-likeness (QED) is 0.0346. The summed E-state index contributed by atoms with van der Waals surface area (Å²) in [5, 5.41) is 0. The minimum absolute atomic E-state index is 0.424. The Balaban J connectivity index is 1.39. The summed E-state index contributed by atoms with van der Waals surface area (Å²) < 4.78 is 0. The van der Waals surface area contributed by atoms with Crippen LogP contribution in [0.5, 0.6) is 0 Å². The van der Waals surface area contributed by atoms with Crippen LogP contribution in [-0.4, -0.2) is 0 Å². The Bertz CT molecular complexity index is 1570. The molecule has 0 saturated heterocycles. The van der Waals surface area contributed by atoms with Crippen LogP contribution in [0.3, 0.4) is 0 Å². The summed E-state index contributed by atoms with van der Waals surface area (Å²) >= 11 is 0. The molecule has 4 aromatic carbocycles. The molecule has 2 atom stereocenters. The maximum atomic E-state index is 6.16. The van der Waals surface area contributed by atoms with Crippen molar-refractivity contribution >= 4 is 11.4 Å². The van der Waals surface area contributed by atoms with Crippen LogP contribution in [0.1, 0.15) is 265 Å². The number of rotatable bonds is 39. The van der Waals surface area contributed by atoms with Gasteiger partial charge in [-0.3, -0.25) is 0 Å². The molecule has 0 radical (unpaired) electrons. The van der Waals surface area contributed by atoms with Gasteiger partial charge in [-0.2, -0.15) is 0 Å². The minimum atomic E-state index is 0.424. The number of anilines is 2. The van der Waals surface area contributed by atoms with Gasteiger partial charge in [0, 0.05) is 23.2 Å². The summed E-state index contributed by atoms with van der Waals surface area (Å²) in [6.45, 7) is 6.93. The van der Waals surface area contributed by atoms with E-state index in [0.29, 0.717) is 17.8 Å². The first kappa shape index (κ1) is 54.1. The van der Waals surface area contributed by atoms with Gasteiger partial charge >= 0.3 is 0 Å². The maximum absolute atomic E-state index is 6.16. The predicted octanol–water partition coefficient (Wildman–Crippen LogP) is 19.7. The Labute approximate surface area is 402 Å². The van der Waals surface area contributed by atoms with Crippen molar-refractivity contribution in [3.05, 3.63) is 130 Å². The maximum Gasteiger partial charge on any atom is 0.0314 e. The topological polar surface area (TPSA) is 52.0 Å². The van der Waals surface area contributed by atoms with E-state index in [1.54, 1.807) is 0 Å². The average Bonchev–Trinajstić information content (AvgIpc) is 3.32. The molecule has 0 saturated carbocycles. The van der Waals surface area contributed by atoms with E-state index in [1.165, 1.54) is 232 Å². The lowest BCUT2D eigenvalue weighted by atomic mass is 9.83. The van der Waals surface area contributed by atoms with Crippen LogP contribution in [0.15, 0.2) is 97.1 Å². The second-order valence-electron chi connectivity index (χ2n) is 20.4. The molecule has 4 rings (SSSR count). The fourth-order valence-corrected chi connectivity index (χ4v) is 10.5. The number of benzene rings is 4. The van der Waals surface area contributed by atoms with E-state index in [-0.39, 0.29) is 0 Å². The van der Waals surface area contributed by atoms with Crippen molar-refractivity contribution in [3.63, 3.8) is 0 Å². The Morgan fingerprint density at radius 3 is 0.785 bits per heavy atom. The molecule has 0 aliphatic rings. The van der Waals surface area contributed by atoms with Crippen LogP contribution in [0, 0.1) is 5.92 Å². The summed E-state index contributed by atoms with van der Waals surface area (Å²) in [6, 6.07) is 37.1. The predicted molar refractivity (Wildman–Crippen MR) is 289 cm³/mol. The van der Waals surface area contributed by atoms with Gasteiger partial charge in [-0.15, -0.1) is 0 Å². The van der Waals surface area contributed by atoms with Crippen molar-refractivity contribution in [2.24, 2.45) is 5.92 Å². The average molecular weight is 883 g/mol. The summed E-state index contributed by atoms with van der Waals surface area (Å²) in [6.07, 6.45) is 44.5. The molecule has 0 spiro atoms. The molecule has 2 nitrogen and oxygen atoms in total. The van der Waals surface area contributed by atoms with E-state index in [0.717, 1.165) is 24.2 Å². The lowest BCUT2D eigenvalue weighted by Crippen LogP contribution is -2.10. The zero-order valence-corrected chi connectivity index (χ0v) is 42.5. The zero-order valence-electron chi connectivity index (χ0n) is 42.5. The molecule has 0 aliphatic heterocycles. The van der Waals surface area contributed by atoms with Crippen molar-refractivity contribution in [2.45, 2.75) is 244 Å². The molecule has 4 N–H and O–H groups in total. The van der Waals surface area contributed by atoms with E-state index >= 15 is 0 Å². The van der Waals surface area contributed by atoms with Gasteiger partial charge in [-0.05, 0) is 95.7 Å². The first-order valence-corrected chi connectivity index (χ1v) is 27.9. The monoisotopic (exact) mass is 883 g/mol. The van der Waals surface area contributed by atoms with E-state index in [2.05, 4.69) is 118 Å². The van der Waals surface area contributed by atoms with Gasteiger partial charge in [0.2, 0.25) is 0 Å². The third kappa shape index (κ3) is 23.2. The van der Waals surface area contributed by atoms with Crippen molar-refractivity contribution in [1.82, 2.24) is 0 Å². The molecular formula is C63H98N2. The van der Waals surface area contributed by atoms with Crippen LogP contribution in [0.4, 0.5) is 11.4 Å². The van der Waals surface area contributed by atoms with Crippen LogP contribution < -0.4 is 11.5 Å². The molecule has 0 amide bonds. The molecular weight excluding hydrogens is 785 g/mol. The lowest BCUT2D eigenvalue weighted by Gasteiger charge is -2.21. The van der Waals surface area contributed by atoms with Gasteiger partial charge in [-0.1, -0.05) is 273 Å². The zero-order chi connectivity index (χ0) is 46.0. The number of hydrogen-bond donors (Lipinski definition) is 2. The Hall–Kier alpha value is -3.52. The fourth-order valence-electron chi connectivity index (χ4n) is 10.5. The Morgan fingerprint density at radius 1 is 0.277 bits per heavy atom. The van der Waals surface area contributed by atoms with E-state index in [1.807, 2.05) is 0 Å². The standard InChI is InChI=1S/C63H98N2/c1-4-7-10-13-16-19-21-24-27-30-33-62(58-43-47-60(64)48-44-58)56-39-35-53(36-40-56)51-55(32-29-26-23-18-15-12-9-6-3)52-54-37-41-57(42-38-54)63(59-45-49-61(65)50-46-59)34-31-28-25-22-20-17-14-11-8-5-2/h35-50,55,62-63H,4-34,51-52,64-65H2,1-3H3. The number of nitrogens with two attached hydrogens (primary N) is 2. The SMILES string of the molecule is CCCCCCCCCCCCC(c1ccc(N)cc1)c1ccc(CC(CCCCCCCCCC)Cc2ccc(C(CCCCCCCCCCCC)c3ccc(N)cc3)cc2)cc1. The molecule has 0 aromatic heterocycles. The second kappa shape index (κ2) is 34.7. The molecule has 0 aliphatic carbocycles. The highest BCUT2D eigenvalue weighted by molar-refractivity contribution is 5.44. The Morgan fingerprint density at radius 2 is 0.508 bits per heavy atom. The van der Waals surface area contributed by atoms with Gasteiger partial charge in [0.25, 0.3) is 0 Å². The highest BCUT2D eigenvalue weighted by Gasteiger charge is 2.18. The fraction of sp³-hybridized carbons (Fsp3) is 0.619. The summed E-state index contributed by atoms with van der Waals surface area (Å²) in [5.41, 5.74) is 22.7. The molecule has 2 heteroatoms. The highest BCUT2D eigenvalue weighted by atomic mass is 14.5. The van der Waals surface area contributed by atoms with Crippen LogP contribution in [-0.2, 0) is 12.8 Å². The molecule has 0 heterocycles. The van der Waals surface area contributed by atoms with E-state index < -0.39 is 0 Å². The van der Waals surface area contributed by atoms with Gasteiger partial charge in [0.15, 0.2) is 0 Å². The first-order chi connectivity index (χ1) is 32.0. The number of nitrogen functional groups attached to an aromatic ring is 2. The molecule has 65 heavy (non-hydrogen) atoms. The van der Waals surface area contributed by atoms with Gasteiger partial charge < -0.3 is 11.5 Å². The largest absolute Gasteiger partial charge is 0.399 e. The summed E-state index contributed by atoms with van der Waals surface area (Å²) in [7, 11) is 0. The van der Waals surface area contributed by atoms with Crippen molar-refractivity contribution < 1.29 is 0 Å². The Kier molecular flexibility index (Phi) is 28.9. The lowest BCUT2D eigenvalue weighted by molar-refractivity contribution is 0.444. The third-order valence-corrected chi connectivity index (χ3v) is 14.6. The first-order valence-electron chi connectivity index (χ1n) is 27.9. The normalized spacial score (nSPS) is 13.0. The van der Waals surface area contributed by atoms with Crippen LogP contribution in [0.25, 0.3) is 0 Å². The molecule has 0 bridgehead atoms. The molecule has 0 fully saturated rings. The summed E-state index contributed by atoms with van der Waals surface area (Å²) in [4.78, 5) is 0. The van der Waals surface area contributed by atoms with Crippen LogP contribution >= 0.6 is 0 Å². The van der Waals surface area contributed by atoms with E-state index in [4.69, 9.17) is 11.5 Å². The number of unbranched alkanes of at least 4 members (excludes halogenated alkanes) is 25. The summed E-state index contributed by atoms with van der Waals surface area (Å²) in [5.74, 6) is 1.49. The highest BCUT2D eigenvalue weighted by Crippen LogP contribution is 2.34. The third-order valence-electron chi connectivity index (χ3n) is 14.6. The second-order valence-corrected chi connectivity index (χ2v) is 20.4. The number of hydrogen-bond acceptors (Lipinski definition) is 2. The van der Waals surface area contributed by atoms with Gasteiger partial charge in [0.1, 0.15) is 0 Å². The van der Waals surface area contributed by atoms with Crippen molar-refractivity contribution in [2.75, 3.05) is 11.5 Å². The molecule has 4 aromatic rings. The van der Waals surface area contributed by atoms with E-state index in [9.17, 15) is 0 Å². The van der Waals surface area contributed by atoms with Gasteiger partial charge in [0.05, 0.1) is 0 Å². The van der Waals surface area contributed by atoms with Crippen molar-refractivity contribution in [1.29, 1.82) is 0 Å². The van der Waals surface area contributed by atoms with Gasteiger partial charge in [-0.25, -0.2) is 0 Å².